The van der Waals surface area contributed by atoms with Gasteiger partial charge in [0.05, 0.1) is 40.7 Å². The van der Waals surface area contributed by atoms with Gasteiger partial charge in [0.2, 0.25) is 0 Å². The van der Waals surface area contributed by atoms with Crippen LogP contribution in [0.5, 0.6) is 0 Å². The maximum atomic E-state index is 9.94. The molecule has 2 aromatic heterocycles. The largest absolute Gasteiger partial charge is 0.455 e. The Balaban J connectivity index is 1.25. The van der Waals surface area contributed by atoms with E-state index in [1.54, 1.807) is 0 Å². The summed E-state index contributed by atoms with van der Waals surface area (Å²) in [6, 6.07) is 64.2. The fraction of sp³-hybridized carbons (Fsp3) is 0.104. The Morgan fingerprint density at radius 2 is 1.18 bits per heavy atom. The number of fused-ring (bicyclic) bond motifs is 6. The molecule has 0 fully saturated rings. The van der Waals surface area contributed by atoms with Crippen molar-refractivity contribution < 1.29 is 8.83 Å². The van der Waals surface area contributed by atoms with Gasteiger partial charge in [-0.15, -0.1) is 0 Å². The molecule has 2 heterocycles. The third-order valence-electron chi connectivity index (χ3n) is 14.6. The molecule has 6 nitrogen and oxygen atoms in total. The molecule has 0 N–H and O–H groups in total. The van der Waals surface area contributed by atoms with Crippen molar-refractivity contribution in [3.8, 4) is 17.2 Å². The number of furan rings is 2. The van der Waals surface area contributed by atoms with Crippen molar-refractivity contribution in [2.45, 2.75) is 47.0 Å². The summed E-state index contributed by atoms with van der Waals surface area (Å²) in [4.78, 5) is 8.36. The maximum absolute atomic E-state index is 9.94. The minimum absolute atomic E-state index is 0.565. The molecule has 352 valence electrons. The molecule has 11 rings (SSSR count). The van der Waals surface area contributed by atoms with Crippen molar-refractivity contribution in [3.05, 3.63) is 267 Å². The molecule has 1 aliphatic rings. The Labute approximate surface area is 427 Å². The zero-order valence-electron chi connectivity index (χ0n) is 41.7. The van der Waals surface area contributed by atoms with Crippen molar-refractivity contribution in [1.82, 2.24) is 0 Å². The van der Waals surface area contributed by atoms with Crippen LogP contribution in [0.3, 0.4) is 0 Å². The lowest BCUT2D eigenvalue weighted by molar-refractivity contribution is 0.538. The zero-order valence-corrected chi connectivity index (χ0v) is 41.7. The predicted molar refractivity (Wildman–Crippen MR) is 301 cm³/mol. The predicted octanol–water partition coefficient (Wildman–Crippen LogP) is 18.6. The molecular weight excluding hydrogens is 893 g/mol. The van der Waals surface area contributed by atoms with Crippen LogP contribution >= 0.6 is 0 Å². The van der Waals surface area contributed by atoms with Gasteiger partial charge in [0, 0.05) is 39.0 Å². The van der Waals surface area contributed by atoms with Crippen LogP contribution in [0.2, 0.25) is 0 Å². The lowest BCUT2D eigenvalue weighted by Gasteiger charge is -2.36. The van der Waals surface area contributed by atoms with Crippen molar-refractivity contribution in [3.63, 3.8) is 0 Å². The fourth-order valence-corrected chi connectivity index (χ4v) is 11.1. The lowest BCUT2D eigenvalue weighted by Crippen LogP contribution is -2.29. The number of benzene rings is 8. The lowest BCUT2D eigenvalue weighted by atomic mass is 9.67. The molecule has 0 radical (unpaired) electrons. The number of anilines is 5. The summed E-state index contributed by atoms with van der Waals surface area (Å²) in [5, 5.41) is 13.1. The van der Waals surface area contributed by atoms with E-state index in [4.69, 9.17) is 15.4 Å². The summed E-state index contributed by atoms with van der Waals surface area (Å²) in [5.74, 6) is 2.41. The summed E-state index contributed by atoms with van der Waals surface area (Å²) in [6.45, 7) is 20.3. The highest BCUT2D eigenvalue weighted by atomic mass is 16.3. The van der Waals surface area contributed by atoms with Crippen LogP contribution in [0.1, 0.15) is 82.6 Å². The van der Waals surface area contributed by atoms with Gasteiger partial charge in [-0.3, -0.25) is 0 Å². The van der Waals surface area contributed by atoms with E-state index in [1.165, 1.54) is 0 Å². The van der Waals surface area contributed by atoms with E-state index < -0.39 is 5.41 Å². The smallest absolute Gasteiger partial charge is 0.187 e. The van der Waals surface area contributed by atoms with Crippen LogP contribution in [0.25, 0.3) is 55.6 Å². The van der Waals surface area contributed by atoms with Crippen LogP contribution in [-0.2, 0) is 5.41 Å². The Morgan fingerprint density at radius 1 is 0.575 bits per heavy atom. The van der Waals surface area contributed by atoms with E-state index in [1.807, 2.05) is 86.7 Å². The molecule has 0 bridgehead atoms. The Kier molecular flexibility index (Phi) is 11.8. The second-order valence-electron chi connectivity index (χ2n) is 18.5. The number of hydrogen-bond donors (Lipinski definition) is 0. The van der Waals surface area contributed by atoms with Crippen molar-refractivity contribution >= 4 is 73.7 Å². The minimum atomic E-state index is -0.837. The molecular formula is C67H52N4O2. The van der Waals surface area contributed by atoms with Crippen molar-refractivity contribution in [2.24, 2.45) is 0 Å². The quantitative estimate of drug-likeness (QED) is 0.121. The Morgan fingerprint density at radius 3 is 1.81 bits per heavy atom. The summed E-state index contributed by atoms with van der Waals surface area (Å²) < 4.78 is 13.6. The SMILES string of the molecule is [C-]#[N+]c1ccc(N(c2cc3c(c4ccccc24)-c2ccc(N(/C(=C/C)c4oc(/C=C\C)c(C)c4C)c4ccc(C#N)cc4)cc2C3(c2ccccc2)c2ccccc2)c2cccc3c(C)c(/C=C\C)oc23)cc1. The third kappa shape index (κ3) is 7.38. The number of aryl methyl sites for hydroxylation is 1. The average Bonchev–Trinajstić information content (AvgIpc) is 4.03. The van der Waals surface area contributed by atoms with Gasteiger partial charge in [0.1, 0.15) is 11.5 Å². The molecule has 8 aromatic carbocycles. The molecule has 0 atom stereocenters. The molecule has 0 aliphatic heterocycles. The number of nitrogens with zero attached hydrogens (tertiary/aromatic N) is 4. The molecule has 0 spiro atoms. The van der Waals surface area contributed by atoms with Gasteiger partial charge >= 0.3 is 0 Å². The topological polar surface area (TPSA) is 60.9 Å². The van der Waals surface area contributed by atoms with Crippen LogP contribution in [0.4, 0.5) is 34.1 Å². The number of hydrogen-bond acceptors (Lipinski definition) is 5. The Hall–Kier alpha value is -9.36. The zero-order chi connectivity index (χ0) is 50.4. The number of rotatable bonds is 11. The molecule has 1 aliphatic carbocycles. The molecule has 10 aromatic rings. The van der Waals surface area contributed by atoms with Gasteiger partial charge in [0.15, 0.2) is 17.0 Å². The van der Waals surface area contributed by atoms with Crippen molar-refractivity contribution in [1.29, 1.82) is 5.26 Å². The molecule has 0 saturated carbocycles. The summed E-state index contributed by atoms with van der Waals surface area (Å²) in [7, 11) is 0. The van der Waals surface area contributed by atoms with Gasteiger partial charge in [0.25, 0.3) is 0 Å². The molecule has 73 heavy (non-hydrogen) atoms. The number of nitriles is 1. The van der Waals surface area contributed by atoms with Crippen LogP contribution in [0.15, 0.2) is 203 Å². The van der Waals surface area contributed by atoms with Gasteiger partial charge in [-0.2, -0.15) is 5.26 Å². The van der Waals surface area contributed by atoms with E-state index in [-0.39, 0.29) is 0 Å². The standard InChI is InChI=1S/C67H52N4O2/c1-8-20-62-43(4)44(5)65(72-62)59(10-3)70(50-34-30-46(42-68)31-35-50)52-38-39-56-57(40-52)67(47-22-13-11-14-23-47,48-24-15-12-16-25-48)58-41-61(54-26-17-18-27-55(54)64(56)58)71(51-36-32-49(69-7)33-37-51)60-29-19-28-53-45(6)63(21-9-2)73-66(53)60/h8-41H,1-6H3/b20-8-,21-9-,59-10+. The van der Waals surface area contributed by atoms with E-state index in [2.05, 4.69) is 182 Å². The summed E-state index contributed by atoms with van der Waals surface area (Å²) in [5.41, 5.74) is 16.6. The number of para-hydroxylation sites is 1. The van der Waals surface area contributed by atoms with E-state index in [0.717, 1.165) is 123 Å². The van der Waals surface area contributed by atoms with E-state index >= 15 is 0 Å². The first-order chi connectivity index (χ1) is 35.7. The molecule has 0 saturated heterocycles. The second-order valence-corrected chi connectivity index (χ2v) is 18.5. The second kappa shape index (κ2) is 18.8. The van der Waals surface area contributed by atoms with Crippen molar-refractivity contribution in [2.75, 3.05) is 9.80 Å². The van der Waals surface area contributed by atoms with Crippen LogP contribution in [-0.4, -0.2) is 0 Å². The summed E-state index contributed by atoms with van der Waals surface area (Å²) in [6.07, 6.45) is 10.2. The average molecular weight is 945 g/mol. The highest BCUT2D eigenvalue weighted by Gasteiger charge is 2.48. The number of allylic oxidation sites excluding steroid dienone is 3. The molecule has 0 unspecified atom stereocenters. The first kappa shape index (κ1) is 46.0. The first-order valence-corrected chi connectivity index (χ1v) is 24.7. The van der Waals surface area contributed by atoms with Gasteiger partial charge in [-0.1, -0.05) is 133 Å². The maximum Gasteiger partial charge on any atom is 0.187 e. The van der Waals surface area contributed by atoms with Gasteiger partial charge in [-0.05, 0) is 159 Å². The normalized spacial score (nSPS) is 12.8. The summed E-state index contributed by atoms with van der Waals surface area (Å²) >= 11 is 0. The highest BCUT2D eigenvalue weighted by molar-refractivity contribution is 6.12. The first-order valence-electron chi connectivity index (χ1n) is 24.7. The van der Waals surface area contributed by atoms with E-state index in [0.29, 0.717) is 11.3 Å². The Bertz CT molecular complexity index is 3890. The fourth-order valence-electron chi connectivity index (χ4n) is 11.1. The van der Waals surface area contributed by atoms with Gasteiger partial charge < -0.3 is 18.6 Å². The van der Waals surface area contributed by atoms with E-state index in [9.17, 15) is 5.26 Å². The third-order valence-corrected chi connectivity index (χ3v) is 14.6. The molecule has 6 heteroatoms. The van der Waals surface area contributed by atoms with Crippen LogP contribution < -0.4 is 9.80 Å². The van der Waals surface area contributed by atoms with Crippen LogP contribution in [0, 0.1) is 38.7 Å². The minimum Gasteiger partial charge on any atom is -0.455 e. The highest BCUT2D eigenvalue weighted by Crippen LogP contribution is 2.61. The monoisotopic (exact) mass is 944 g/mol. The van der Waals surface area contributed by atoms with Gasteiger partial charge in [-0.25, -0.2) is 4.85 Å². The molecule has 0 amide bonds.